The molecule has 152 valence electrons. The first kappa shape index (κ1) is 18.9. The van der Waals surface area contributed by atoms with Gasteiger partial charge in [-0.1, -0.05) is 72.8 Å². The fraction of sp³-hybridized carbons (Fsp3) is 0.0741. The molecule has 4 aromatic rings. The minimum atomic E-state index is -0.905. The number of hydrogen-bond acceptors (Lipinski definition) is 3. The molecule has 5 rings (SSSR count). The standard InChI is InChI=1S/C27H21NO3/c29-23-15-11-19(12-16-23)25-27(20-7-3-1-4-8-20,21-9-5-2-6-10-21)26(31)28(25)22-13-17-24(30)18-14-22/h1-18,25,29-30H/t25-/m0/s1. The number of phenolic OH excluding ortho intramolecular Hbond substituents is 2. The molecule has 4 nitrogen and oxygen atoms in total. The molecule has 1 heterocycles. The first-order valence-electron chi connectivity index (χ1n) is 10.1. The molecule has 4 aromatic carbocycles. The van der Waals surface area contributed by atoms with E-state index in [2.05, 4.69) is 0 Å². The molecule has 0 saturated carbocycles. The number of carbonyl (C=O) groups excluding carboxylic acids is 1. The van der Waals surface area contributed by atoms with Crippen LogP contribution in [0.15, 0.2) is 109 Å². The van der Waals surface area contributed by atoms with Gasteiger partial charge in [0.1, 0.15) is 16.9 Å². The van der Waals surface area contributed by atoms with Crippen molar-refractivity contribution in [2.24, 2.45) is 0 Å². The van der Waals surface area contributed by atoms with E-state index in [4.69, 9.17) is 0 Å². The SMILES string of the molecule is O=C1N(c2ccc(O)cc2)[C@@H](c2ccc(O)cc2)C1(c1ccccc1)c1ccccc1. The first-order valence-corrected chi connectivity index (χ1v) is 10.1. The van der Waals surface area contributed by atoms with Crippen molar-refractivity contribution in [2.45, 2.75) is 11.5 Å². The van der Waals surface area contributed by atoms with Gasteiger partial charge >= 0.3 is 0 Å². The Bertz CT molecular complexity index is 1160. The number of benzene rings is 4. The van der Waals surface area contributed by atoms with Gasteiger partial charge in [0.2, 0.25) is 5.91 Å². The molecule has 2 N–H and O–H groups in total. The zero-order valence-electron chi connectivity index (χ0n) is 16.7. The van der Waals surface area contributed by atoms with Crippen molar-refractivity contribution < 1.29 is 15.0 Å². The summed E-state index contributed by atoms with van der Waals surface area (Å²) in [5, 5.41) is 19.6. The Morgan fingerprint density at radius 2 is 1.06 bits per heavy atom. The van der Waals surface area contributed by atoms with Crippen molar-refractivity contribution in [1.29, 1.82) is 0 Å². The fourth-order valence-corrected chi connectivity index (χ4v) is 4.62. The lowest BCUT2D eigenvalue weighted by Gasteiger charge is -2.57. The molecule has 4 heteroatoms. The topological polar surface area (TPSA) is 60.8 Å². The van der Waals surface area contributed by atoms with E-state index in [0.717, 1.165) is 16.7 Å². The van der Waals surface area contributed by atoms with Crippen LogP contribution in [-0.4, -0.2) is 16.1 Å². The fourth-order valence-electron chi connectivity index (χ4n) is 4.62. The molecule has 1 aliphatic rings. The normalized spacial score (nSPS) is 17.2. The summed E-state index contributed by atoms with van der Waals surface area (Å²) >= 11 is 0. The van der Waals surface area contributed by atoms with E-state index in [-0.39, 0.29) is 23.4 Å². The van der Waals surface area contributed by atoms with Crippen LogP contribution >= 0.6 is 0 Å². The summed E-state index contributed by atoms with van der Waals surface area (Å²) in [4.78, 5) is 15.8. The lowest BCUT2D eigenvalue weighted by molar-refractivity contribution is -0.131. The minimum Gasteiger partial charge on any atom is -0.508 e. The van der Waals surface area contributed by atoms with Gasteiger partial charge in [0.15, 0.2) is 0 Å². The Hall–Kier alpha value is -4.05. The Kier molecular flexibility index (Phi) is 4.48. The summed E-state index contributed by atoms with van der Waals surface area (Å²) in [5.74, 6) is 0.291. The highest BCUT2D eigenvalue weighted by atomic mass is 16.3. The van der Waals surface area contributed by atoms with Crippen molar-refractivity contribution >= 4 is 11.6 Å². The second-order valence-corrected chi connectivity index (χ2v) is 7.73. The van der Waals surface area contributed by atoms with Gasteiger partial charge in [0.25, 0.3) is 0 Å². The number of hydrogen-bond donors (Lipinski definition) is 2. The van der Waals surface area contributed by atoms with Crippen LogP contribution in [0.3, 0.4) is 0 Å². The molecular weight excluding hydrogens is 386 g/mol. The molecule has 31 heavy (non-hydrogen) atoms. The maximum Gasteiger partial charge on any atom is 0.245 e. The Morgan fingerprint density at radius 1 is 0.613 bits per heavy atom. The molecule has 1 amide bonds. The summed E-state index contributed by atoms with van der Waals surface area (Å²) in [5.41, 5.74) is 2.55. The number of rotatable bonds is 4. The van der Waals surface area contributed by atoms with Gasteiger partial charge < -0.3 is 15.1 Å². The van der Waals surface area contributed by atoms with Gasteiger partial charge in [0, 0.05) is 5.69 Å². The third kappa shape index (κ3) is 2.88. The molecule has 0 unspecified atom stereocenters. The summed E-state index contributed by atoms with van der Waals surface area (Å²) in [6, 6.07) is 33.0. The summed E-state index contributed by atoms with van der Waals surface area (Å²) in [7, 11) is 0. The number of amides is 1. The predicted octanol–water partition coefficient (Wildman–Crippen LogP) is 5.17. The highest BCUT2D eigenvalue weighted by Crippen LogP contribution is 2.57. The van der Waals surface area contributed by atoms with Crippen molar-refractivity contribution in [2.75, 3.05) is 4.90 Å². The second-order valence-electron chi connectivity index (χ2n) is 7.73. The molecule has 1 saturated heterocycles. The Balaban J connectivity index is 1.77. The Morgan fingerprint density at radius 3 is 1.55 bits per heavy atom. The van der Waals surface area contributed by atoms with Crippen LogP contribution in [0.1, 0.15) is 22.7 Å². The lowest BCUT2D eigenvalue weighted by atomic mass is 9.59. The smallest absolute Gasteiger partial charge is 0.245 e. The van der Waals surface area contributed by atoms with Crippen LogP contribution < -0.4 is 4.90 Å². The third-order valence-electron chi connectivity index (χ3n) is 6.02. The van der Waals surface area contributed by atoms with Crippen molar-refractivity contribution in [3.63, 3.8) is 0 Å². The molecule has 1 atom stereocenters. The van der Waals surface area contributed by atoms with Crippen LogP contribution in [0.4, 0.5) is 5.69 Å². The van der Waals surface area contributed by atoms with Crippen LogP contribution in [0.25, 0.3) is 0 Å². The molecule has 0 bridgehead atoms. The van der Waals surface area contributed by atoms with Gasteiger partial charge in [-0.2, -0.15) is 0 Å². The van der Waals surface area contributed by atoms with Crippen LogP contribution in [0.5, 0.6) is 11.5 Å². The van der Waals surface area contributed by atoms with Gasteiger partial charge in [0.05, 0.1) is 6.04 Å². The Labute approximate surface area is 180 Å². The number of carbonyl (C=O) groups is 1. The van der Waals surface area contributed by atoms with E-state index < -0.39 is 5.41 Å². The summed E-state index contributed by atoms with van der Waals surface area (Å²) in [6.45, 7) is 0. The van der Waals surface area contributed by atoms with E-state index in [1.807, 2.05) is 72.8 Å². The van der Waals surface area contributed by atoms with Crippen molar-refractivity contribution in [3.05, 3.63) is 126 Å². The predicted molar refractivity (Wildman–Crippen MR) is 120 cm³/mol. The van der Waals surface area contributed by atoms with Crippen molar-refractivity contribution in [3.8, 4) is 11.5 Å². The van der Waals surface area contributed by atoms with E-state index >= 15 is 0 Å². The van der Waals surface area contributed by atoms with E-state index in [1.54, 1.807) is 41.3 Å². The maximum atomic E-state index is 14.0. The van der Waals surface area contributed by atoms with Gasteiger partial charge in [-0.05, 0) is 53.1 Å². The molecule has 1 aliphatic heterocycles. The monoisotopic (exact) mass is 407 g/mol. The number of nitrogens with zero attached hydrogens (tertiary/aromatic N) is 1. The van der Waals surface area contributed by atoms with Crippen LogP contribution in [-0.2, 0) is 10.2 Å². The number of β-lactam (4-membered cyclic amide) rings is 1. The molecule has 0 aromatic heterocycles. The number of anilines is 1. The first-order chi connectivity index (χ1) is 15.1. The van der Waals surface area contributed by atoms with Crippen LogP contribution in [0.2, 0.25) is 0 Å². The van der Waals surface area contributed by atoms with Crippen molar-refractivity contribution in [1.82, 2.24) is 0 Å². The average Bonchev–Trinajstić information content (AvgIpc) is 2.81. The van der Waals surface area contributed by atoms with Gasteiger partial charge in [-0.15, -0.1) is 0 Å². The van der Waals surface area contributed by atoms with Gasteiger partial charge in [-0.3, -0.25) is 4.79 Å². The summed E-state index contributed by atoms with van der Waals surface area (Å²) < 4.78 is 0. The van der Waals surface area contributed by atoms with Crippen LogP contribution in [0, 0.1) is 0 Å². The molecule has 0 aliphatic carbocycles. The maximum absolute atomic E-state index is 14.0. The lowest BCUT2D eigenvalue weighted by Crippen LogP contribution is -2.67. The quantitative estimate of drug-likeness (QED) is 0.459. The van der Waals surface area contributed by atoms with E-state index in [9.17, 15) is 15.0 Å². The largest absolute Gasteiger partial charge is 0.508 e. The molecule has 0 spiro atoms. The highest BCUT2D eigenvalue weighted by molar-refractivity contribution is 6.12. The number of aromatic hydroxyl groups is 2. The zero-order chi connectivity index (χ0) is 21.4. The zero-order valence-corrected chi connectivity index (χ0v) is 16.7. The second kappa shape index (κ2) is 7.33. The van der Waals surface area contributed by atoms with E-state index in [1.165, 1.54) is 0 Å². The highest BCUT2D eigenvalue weighted by Gasteiger charge is 2.63. The number of phenols is 2. The summed E-state index contributed by atoms with van der Waals surface area (Å²) in [6.07, 6.45) is 0. The average molecular weight is 407 g/mol. The molecule has 0 radical (unpaired) electrons. The van der Waals surface area contributed by atoms with E-state index in [0.29, 0.717) is 5.69 Å². The van der Waals surface area contributed by atoms with Gasteiger partial charge in [-0.25, -0.2) is 0 Å². The third-order valence-corrected chi connectivity index (χ3v) is 6.02. The molecule has 1 fully saturated rings. The molecular formula is C27H21NO3. The minimum absolute atomic E-state index is 0.0336.